The van der Waals surface area contributed by atoms with E-state index in [2.05, 4.69) is 31.1 Å². The summed E-state index contributed by atoms with van der Waals surface area (Å²) in [5, 5.41) is 3.26. The van der Waals surface area contributed by atoms with Gasteiger partial charge in [-0.2, -0.15) is 0 Å². The van der Waals surface area contributed by atoms with Gasteiger partial charge in [-0.05, 0) is 6.42 Å². The SMILES string of the molecule is CCCc1cnc(CNC(C)C)o1. The van der Waals surface area contributed by atoms with Crippen molar-refractivity contribution >= 4 is 0 Å². The third-order valence-electron chi connectivity index (χ3n) is 1.76. The molecular weight excluding hydrogens is 164 g/mol. The van der Waals surface area contributed by atoms with Gasteiger partial charge in [-0.1, -0.05) is 20.8 Å². The molecule has 0 bridgehead atoms. The predicted octanol–water partition coefficient (Wildman–Crippen LogP) is 2.13. The van der Waals surface area contributed by atoms with Crippen LogP contribution in [0.3, 0.4) is 0 Å². The van der Waals surface area contributed by atoms with Crippen molar-refractivity contribution < 1.29 is 4.42 Å². The molecule has 0 spiro atoms. The van der Waals surface area contributed by atoms with E-state index in [4.69, 9.17) is 4.42 Å². The zero-order valence-corrected chi connectivity index (χ0v) is 8.63. The lowest BCUT2D eigenvalue weighted by Gasteiger charge is -2.03. The highest BCUT2D eigenvalue weighted by molar-refractivity contribution is 4.93. The van der Waals surface area contributed by atoms with Gasteiger partial charge in [0.25, 0.3) is 0 Å². The standard InChI is InChI=1S/C10H18N2O/c1-4-5-9-6-12-10(13-9)7-11-8(2)3/h6,8,11H,4-5,7H2,1-3H3. The van der Waals surface area contributed by atoms with Crippen molar-refractivity contribution in [3.8, 4) is 0 Å². The molecule has 0 aliphatic carbocycles. The Balaban J connectivity index is 2.39. The second-order valence-electron chi connectivity index (χ2n) is 3.51. The summed E-state index contributed by atoms with van der Waals surface area (Å²) in [5.41, 5.74) is 0. The van der Waals surface area contributed by atoms with E-state index in [0.717, 1.165) is 31.0 Å². The molecule has 13 heavy (non-hydrogen) atoms. The molecule has 1 N–H and O–H groups in total. The Hall–Kier alpha value is -0.830. The summed E-state index contributed by atoms with van der Waals surface area (Å²) in [7, 11) is 0. The smallest absolute Gasteiger partial charge is 0.208 e. The first kappa shape index (κ1) is 10.3. The van der Waals surface area contributed by atoms with Crippen molar-refractivity contribution in [2.45, 2.75) is 46.2 Å². The molecular formula is C10H18N2O. The Bertz CT molecular complexity index is 243. The quantitative estimate of drug-likeness (QED) is 0.758. The molecule has 0 saturated heterocycles. The lowest BCUT2D eigenvalue weighted by Crippen LogP contribution is -2.21. The van der Waals surface area contributed by atoms with Crippen molar-refractivity contribution in [3.05, 3.63) is 17.8 Å². The third kappa shape index (κ3) is 3.59. The molecule has 0 aliphatic rings. The van der Waals surface area contributed by atoms with Crippen molar-refractivity contribution in [1.29, 1.82) is 0 Å². The van der Waals surface area contributed by atoms with Gasteiger partial charge in [0.1, 0.15) is 5.76 Å². The highest BCUT2D eigenvalue weighted by Crippen LogP contribution is 2.05. The third-order valence-corrected chi connectivity index (χ3v) is 1.76. The molecule has 74 valence electrons. The lowest BCUT2D eigenvalue weighted by atomic mass is 10.3. The van der Waals surface area contributed by atoms with Crippen molar-refractivity contribution in [2.24, 2.45) is 0 Å². The van der Waals surface area contributed by atoms with Crippen LogP contribution in [-0.4, -0.2) is 11.0 Å². The second kappa shape index (κ2) is 5.02. The molecule has 1 aromatic heterocycles. The van der Waals surface area contributed by atoms with Crippen LogP contribution in [0.4, 0.5) is 0 Å². The predicted molar refractivity (Wildman–Crippen MR) is 52.5 cm³/mol. The maximum Gasteiger partial charge on any atom is 0.208 e. The first-order chi connectivity index (χ1) is 6.22. The van der Waals surface area contributed by atoms with Gasteiger partial charge in [0.15, 0.2) is 0 Å². The van der Waals surface area contributed by atoms with E-state index in [0.29, 0.717) is 6.04 Å². The molecule has 1 rings (SSSR count). The van der Waals surface area contributed by atoms with Crippen LogP contribution in [-0.2, 0) is 13.0 Å². The average molecular weight is 182 g/mol. The van der Waals surface area contributed by atoms with Gasteiger partial charge in [-0.3, -0.25) is 0 Å². The summed E-state index contributed by atoms with van der Waals surface area (Å²) in [5.74, 6) is 1.78. The summed E-state index contributed by atoms with van der Waals surface area (Å²) in [4.78, 5) is 4.18. The summed E-state index contributed by atoms with van der Waals surface area (Å²) >= 11 is 0. The van der Waals surface area contributed by atoms with Crippen LogP contribution in [0.2, 0.25) is 0 Å². The molecule has 3 nitrogen and oxygen atoms in total. The Morgan fingerprint density at radius 1 is 1.54 bits per heavy atom. The molecule has 0 aliphatic heterocycles. The van der Waals surface area contributed by atoms with E-state index in [1.807, 2.05) is 6.20 Å². The van der Waals surface area contributed by atoms with E-state index in [-0.39, 0.29) is 0 Å². The van der Waals surface area contributed by atoms with Crippen LogP contribution in [0.25, 0.3) is 0 Å². The number of nitrogens with one attached hydrogen (secondary N) is 1. The molecule has 3 heteroatoms. The molecule has 1 heterocycles. The molecule has 0 fully saturated rings. The van der Waals surface area contributed by atoms with Crippen molar-refractivity contribution in [1.82, 2.24) is 10.3 Å². The van der Waals surface area contributed by atoms with E-state index in [9.17, 15) is 0 Å². The van der Waals surface area contributed by atoms with Gasteiger partial charge >= 0.3 is 0 Å². The van der Waals surface area contributed by atoms with Crippen LogP contribution in [0.15, 0.2) is 10.6 Å². The molecule has 0 atom stereocenters. The maximum atomic E-state index is 5.50. The van der Waals surface area contributed by atoms with Crippen LogP contribution < -0.4 is 5.32 Å². The molecule has 0 aromatic carbocycles. The van der Waals surface area contributed by atoms with Crippen LogP contribution in [0.5, 0.6) is 0 Å². The first-order valence-corrected chi connectivity index (χ1v) is 4.89. The molecule has 0 radical (unpaired) electrons. The van der Waals surface area contributed by atoms with Gasteiger partial charge < -0.3 is 9.73 Å². The fourth-order valence-electron chi connectivity index (χ4n) is 1.08. The van der Waals surface area contributed by atoms with Gasteiger partial charge in [0.2, 0.25) is 5.89 Å². The number of nitrogens with zero attached hydrogens (tertiary/aromatic N) is 1. The number of hydrogen-bond donors (Lipinski definition) is 1. The van der Waals surface area contributed by atoms with Gasteiger partial charge in [0.05, 0.1) is 12.7 Å². The first-order valence-electron chi connectivity index (χ1n) is 4.89. The topological polar surface area (TPSA) is 38.1 Å². The minimum atomic E-state index is 0.474. The largest absolute Gasteiger partial charge is 0.444 e. The maximum absolute atomic E-state index is 5.50. The van der Waals surface area contributed by atoms with Crippen LogP contribution >= 0.6 is 0 Å². The Kier molecular flexibility index (Phi) is 3.96. The fourth-order valence-corrected chi connectivity index (χ4v) is 1.08. The van der Waals surface area contributed by atoms with E-state index in [1.165, 1.54) is 0 Å². The lowest BCUT2D eigenvalue weighted by molar-refractivity contribution is 0.423. The van der Waals surface area contributed by atoms with Gasteiger partial charge in [-0.15, -0.1) is 0 Å². The Labute approximate surface area is 79.5 Å². The molecule has 0 unspecified atom stereocenters. The van der Waals surface area contributed by atoms with Crippen LogP contribution in [0.1, 0.15) is 38.8 Å². The summed E-state index contributed by atoms with van der Waals surface area (Å²) in [6.07, 6.45) is 3.90. The monoisotopic (exact) mass is 182 g/mol. The summed E-state index contributed by atoms with van der Waals surface area (Å²) in [6, 6.07) is 0.474. The fraction of sp³-hybridized carbons (Fsp3) is 0.700. The van der Waals surface area contributed by atoms with Gasteiger partial charge in [0, 0.05) is 12.5 Å². The molecule has 0 amide bonds. The normalized spacial score (nSPS) is 11.1. The summed E-state index contributed by atoms with van der Waals surface area (Å²) < 4.78 is 5.50. The van der Waals surface area contributed by atoms with Gasteiger partial charge in [-0.25, -0.2) is 4.98 Å². The Morgan fingerprint density at radius 3 is 2.92 bits per heavy atom. The zero-order chi connectivity index (χ0) is 9.68. The number of oxazole rings is 1. The van der Waals surface area contributed by atoms with Crippen LogP contribution in [0, 0.1) is 0 Å². The molecule has 0 saturated carbocycles. The zero-order valence-electron chi connectivity index (χ0n) is 8.63. The average Bonchev–Trinajstić information content (AvgIpc) is 2.50. The van der Waals surface area contributed by atoms with Crippen molar-refractivity contribution in [3.63, 3.8) is 0 Å². The minimum Gasteiger partial charge on any atom is -0.444 e. The second-order valence-corrected chi connectivity index (χ2v) is 3.51. The molecule has 1 aromatic rings. The van der Waals surface area contributed by atoms with Crippen molar-refractivity contribution in [2.75, 3.05) is 0 Å². The number of hydrogen-bond acceptors (Lipinski definition) is 3. The van der Waals surface area contributed by atoms with E-state index < -0.39 is 0 Å². The number of aryl methyl sites for hydroxylation is 1. The highest BCUT2D eigenvalue weighted by Gasteiger charge is 2.02. The number of aromatic nitrogens is 1. The minimum absolute atomic E-state index is 0.474. The highest BCUT2D eigenvalue weighted by atomic mass is 16.4. The summed E-state index contributed by atoms with van der Waals surface area (Å²) in [6.45, 7) is 7.07. The van der Waals surface area contributed by atoms with E-state index in [1.54, 1.807) is 0 Å². The number of rotatable bonds is 5. The Morgan fingerprint density at radius 2 is 2.31 bits per heavy atom. The van der Waals surface area contributed by atoms with E-state index >= 15 is 0 Å².